The van der Waals surface area contributed by atoms with Crippen molar-refractivity contribution in [2.24, 2.45) is 5.92 Å². The van der Waals surface area contributed by atoms with Crippen LogP contribution in [0.25, 0.3) is 0 Å². The number of rotatable bonds is 2. The van der Waals surface area contributed by atoms with Crippen molar-refractivity contribution in [3.05, 3.63) is 22.4 Å². The van der Waals surface area contributed by atoms with E-state index in [1.165, 1.54) is 11.3 Å². The minimum atomic E-state index is -1.13. The van der Waals surface area contributed by atoms with Crippen LogP contribution in [0.15, 0.2) is 17.5 Å². The van der Waals surface area contributed by atoms with Crippen LogP contribution >= 0.6 is 23.1 Å². The zero-order valence-corrected chi connectivity index (χ0v) is 11.4. The number of hydrogen-bond donors (Lipinski definition) is 2. The van der Waals surface area contributed by atoms with Crippen LogP contribution in [0.5, 0.6) is 0 Å². The number of thioether (sulfide) groups is 1. The second-order valence-electron chi connectivity index (χ2n) is 4.66. The Morgan fingerprint density at radius 2 is 2.32 bits per heavy atom. The number of imide groups is 1. The lowest BCUT2D eigenvalue weighted by Gasteiger charge is -2.23. The van der Waals surface area contributed by atoms with Crippen LogP contribution in [0.2, 0.25) is 0 Å². The van der Waals surface area contributed by atoms with Crippen LogP contribution in [-0.4, -0.2) is 32.9 Å². The highest BCUT2D eigenvalue weighted by atomic mass is 32.2. The van der Waals surface area contributed by atoms with Gasteiger partial charge in [0.05, 0.1) is 16.9 Å². The number of carbonyl (C=O) groups excluding carboxylic acids is 3. The molecule has 0 bridgehead atoms. The Morgan fingerprint density at radius 3 is 3.00 bits per heavy atom. The topological polar surface area (TPSA) is 83.5 Å². The second-order valence-corrected chi connectivity index (χ2v) is 6.91. The van der Waals surface area contributed by atoms with Gasteiger partial charge in [-0.05, 0) is 24.3 Å². The highest BCUT2D eigenvalue weighted by Gasteiger charge is 2.63. The molecular weight excluding hydrogens is 286 g/mol. The molecule has 1 aromatic rings. The number of thiophene rings is 1. The molecule has 1 aliphatic heterocycles. The van der Waals surface area contributed by atoms with Gasteiger partial charge in [-0.3, -0.25) is 19.7 Å². The van der Waals surface area contributed by atoms with E-state index in [0.29, 0.717) is 17.7 Å². The third-order valence-electron chi connectivity index (χ3n) is 3.60. The molecule has 2 heterocycles. The Bertz CT molecular complexity index is 556. The Hall–Kier alpha value is -1.18. The summed E-state index contributed by atoms with van der Waals surface area (Å²) in [5, 5.41) is 13.7. The van der Waals surface area contributed by atoms with Crippen molar-refractivity contribution < 1.29 is 19.5 Å². The first kappa shape index (κ1) is 12.8. The van der Waals surface area contributed by atoms with Crippen molar-refractivity contribution in [3.8, 4) is 0 Å². The maximum atomic E-state index is 12.2. The molecule has 1 aromatic heterocycles. The number of hydrogen-bond acceptors (Lipinski definition) is 6. The Labute approximate surface area is 117 Å². The third-order valence-corrected chi connectivity index (χ3v) is 6.01. The quantitative estimate of drug-likeness (QED) is 0.789. The van der Waals surface area contributed by atoms with E-state index in [1.807, 2.05) is 0 Å². The molecule has 100 valence electrons. The standard InChI is InChI=1S/C12H11NO4S2/c14-6-3-4-12(8(6)9(15)13-11(12)17)19-10(16)7-2-1-5-18-7/h1-2,5-6,8,14H,3-4H2,(H,13,15,17)/t6-,8-,12+/m1/s1. The van der Waals surface area contributed by atoms with Gasteiger partial charge in [0.25, 0.3) is 0 Å². The number of fused-ring (bicyclic) bond motifs is 1. The van der Waals surface area contributed by atoms with Gasteiger partial charge in [0, 0.05) is 0 Å². The lowest BCUT2D eigenvalue weighted by atomic mass is 9.97. The van der Waals surface area contributed by atoms with Crippen LogP contribution in [0.4, 0.5) is 0 Å². The van der Waals surface area contributed by atoms with Crippen LogP contribution in [0, 0.1) is 5.92 Å². The van der Waals surface area contributed by atoms with Gasteiger partial charge in [0.1, 0.15) is 4.75 Å². The number of amides is 2. The van der Waals surface area contributed by atoms with Crippen molar-refractivity contribution in [3.63, 3.8) is 0 Å². The summed E-state index contributed by atoms with van der Waals surface area (Å²) in [5.41, 5.74) is 0. The monoisotopic (exact) mass is 297 g/mol. The number of aliphatic hydroxyl groups excluding tert-OH is 1. The molecule has 7 heteroatoms. The van der Waals surface area contributed by atoms with E-state index in [1.54, 1.807) is 17.5 Å². The Morgan fingerprint density at radius 1 is 1.53 bits per heavy atom. The maximum absolute atomic E-state index is 12.2. The van der Waals surface area contributed by atoms with Gasteiger partial charge >= 0.3 is 0 Å². The molecule has 0 radical (unpaired) electrons. The summed E-state index contributed by atoms with van der Waals surface area (Å²) >= 11 is 2.18. The van der Waals surface area contributed by atoms with Gasteiger partial charge in [0.2, 0.25) is 16.9 Å². The van der Waals surface area contributed by atoms with E-state index in [0.717, 1.165) is 11.8 Å². The van der Waals surface area contributed by atoms with Crippen molar-refractivity contribution in [2.45, 2.75) is 23.7 Å². The van der Waals surface area contributed by atoms with Gasteiger partial charge in [-0.1, -0.05) is 17.8 Å². The fourth-order valence-corrected chi connectivity index (χ4v) is 4.78. The van der Waals surface area contributed by atoms with Crippen molar-refractivity contribution >= 4 is 40.0 Å². The van der Waals surface area contributed by atoms with Gasteiger partial charge in [-0.15, -0.1) is 11.3 Å². The lowest BCUT2D eigenvalue weighted by molar-refractivity contribution is -0.127. The average Bonchev–Trinajstić information content (AvgIpc) is 3.01. The van der Waals surface area contributed by atoms with Gasteiger partial charge < -0.3 is 5.11 Å². The molecule has 1 saturated heterocycles. The van der Waals surface area contributed by atoms with E-state index >= 15 is 0 Å². The molecule has 5 nitrogen and oxygen atoms in total. The summed E-state index contributed by atoms with van der Waals surface area (Å²) in [6, 6.07) is 3.45. The molecule has 3 rings (SSSR count). The van der Waals surface area contributed by atoms with Crippen LogP contribution < -0.4 is 5.32 Å². The molecule has 1 aliphatic carbocycles. The van der Waals surface area contributed by atoms with Crippen LogP contribution in [-0.2, 0) is 9.59 Å². The minimum Gasteiger partial charge on any atom is -0.392 e. The predicted molar refractivity (Wildman–Crippen MR) is 70.9 cm³/mol. The fraction of sp³-hybridized carbons (Fsp3) is 0.417. The molecule has 1 saturated carbocycles. The molecule has 0 spiro atoms. The summed E-state index contributed by atoms with van der Waals surface area (Å²) in [4.78, 5) is 36.5. The number of carbonyl (C=O) groups is 3. The van der Waals surface area contributed by atoms with Crippen molar-refractivity contribution in [1.82, 2.24) is 5.32 Å². The average molecular weight is 297 g/mol. The summed E-state index contributed by atoms with van der Waals surface area (Å²) in [6.45, 7) is 0. The molecule has 2 aliphatic rings. The van der Waals surface area contributed by atoms with Gasteiger partial charge in [-0.25, -0.2) is 0 Å². The van der Waals surface area contributed by atoms with E-state index in [-0.39, 0.29) is 5.12 Å². The van der Waals surface area contributed by atoms with E-state index in [9.17, 15) is 19.5 Å². The van der Waals surface area contributed by atoms with Crippen molar-refractivity contribution in [1.29, 1.82) is 0 Å². The van der Waals surface area contributed by atoms with E-state index < -0.39 is 28.6 Å². The van der Waals surface area contributed by atoms with Crippen LogP contribution in [0.1, 0.15) is 22.5 Å². The van der Waals surface area contributed by atoms with Gasteiger partial charge in [0.15, 0.2) is 0 Å². The zero-order chi connectivity index (χ0) is 13.6. The molecule has 19 heavy (non-hydrogen) atoms. The molecule has 2 fully saturated rings. The third kappa shape index (κ3) is 1.84. The zero-order valence-electron chi connectivity index (χ0n) is 9.79. The molecule has 2 amide bonds. The minimum absolute atomic E-state index is 0.223. The Kier molecular flexibility index (Phi) is 2.99. The molecule has 0 aromatic carbocycles. The normalized spacial score (nSPS) is 33.3. The highest BCUT2D eigenvalue weighted by molar-refractivity contribution is 8.16. The fourth-order valence-electron chi connectivity index (χ4n) is 2.70. The SMILES string of the molecule is O=C(S[C@@]12CC[C@@H](O)[C@@H]1C(=O)NC2=O)c1cccs1. The summed E-state index contributed by atoms with van der Waals surface area (Å²) in [5.74, 6) is -1.73. The first-order valence-electron chi connectivity index (χ1n) is 5.85. The largest absolute Gasteiger partial charge is 0.392 e. The Balaban J connectivity index is 1.91. The summed E-state index contributed by atoms with van der Waals surface area (Å²) < 4.78 is -1.13. The predicted octanol–water partition coefficient (Wildman–Crippen LogP) is 0.788. The number of aliphatic hydroxyl groups is 1. The number of nitrogens with one attached hydrogen (secondary N) is 1. The first-order chi connectivity index (χ1) is 9.04. The molecular formula is C12H11NO4S2. The molecule has 3 atom stereocenters. The smallest absolute Gasteiger partial charge is 0.244 e. The highest BCUT2D eigenvalue weighted by Crippen LogP contribution is 2.50. The molecule has 2 N–H and O–H groups in total. The maximum Gasteiger partial charge on any atom is 0.244 e. The lowest BCUT2D eigenvalue weighted by Crippen LogP contribution is -2.38. The summed E-state index contributed by atoms with van der Waals surface area (Å²) in [7, 11) is 0. The van der Waals surface area contributed by atoms with Crippen molar-refractivity contribution in [2.75, 3.05) is 0 Å². The summed E-state index contributed by atoms with van der Waals surface area (Å²) in [6.07, 6.45) is -0.137. The molecule has 0 unspecified atom stereocenters. The second kappa shape index (κ2) is 4.43. The van der Waals surface area contributed by atoms with E-state index in [4.69, 9.17) is 0 Å². The van der Waals surface area contributed by atoms with Gasteiger partial charge in [-0.2, -0.15) is 0 Å². The first-order valence-corrected chi connectivity index (χ1v) is 7.54. The van der Waals surface area contributed by atoms with Crippen LogP contribution in [0.3, 0.4) is 0 Å². The van der Waals surface area contributed by atoms with E-state index in [2.05, 4.69) is 5.32 Å².